The molecule has 0 fully saturated rings. The predicted molar refractivity (Wildman–Crippen MR) is 98.9 cm³/mol. The van der Waals surface area contributed by atoms with Crippen molar-refractivity contribution in [2.75, 3.05) is 0 Å². The second kappa shape index (κ2) is 7.60. The molecule has 2 nitrogen and oxygen atoms in total. The summed E-state index contributed by atoms with van der Waals surface area (Å²) in [6.07, 6.45) is 0.634. The monoisotopic (exact) mass is 315 g/mol. The first-order valence-corrected chi connectivity index (χ1v) is 8.11. The third-order valence-electron chi connectivity index (χ3n) is 4.06. The van der Waals surface area contributed by atoms with Crippen molar-refractivity contribution < 1.29 is 4.74 Å². The molecule has 0 atom stereocenters. The van der Waals surface area contributed by atoms with E-state index in [9.17, 15) is 0 Å². The van der Waals surface area contributed by atoms with Gasteiger partial charge in [0.2, 0.25) is 0 Å². The van der Waals surface area contributed by atoms with Crippen LogP contribution in [0.15, 0.2) is 78.9 Å². The van der Waals surface area contributed by atoms with Crippen molar-refractivity contribution >= 4 is 5.71 Å². The van der Waals surface area contributed by atoms with Crippen LogP contribution in [0.3, 0.4) is 0 Å². The summed E-state index contributed by atoms with van der Waals surface area (Å²) in [6, 6.07) is 26.1. The molecule has 0 saturated heterocycles. The molecule has 3 aromatic rings. The third-order valence-corrected chi connectivity index (χ3v) is 4.06. The molecule has 0 heterocycles. The lowest BCUT2D eigenvalue weighted by molar-refractivity contribution is 0.306. The van der Waals surface area contributed by atoms with Crippen LogP contribution in [0.4, 0.5) is 0 Å². The molecule has 3 aromatic carbocycles. The summed E-state index contributed by atoms with van der Waals surface area (Å²) in [7, 11) is 0. The van der Waals surface area contributed by atoms with E-state index in [2.05, 4.69) is 19.1 Å². The Balaban J connectivity index is 1.68. The average Bonchev–Trinajstić information content (AvgIpc) is 2.63. The molecule has 0 unspecified atom stereocenters. The molecule has 0 amide bonds. The van der Waals surface area contributed by atoms with Gasteiger partial charge in [-0.2, -0.15) is 0 Å². The molecule has 0 aliphatic carbocycles. The van der Waals surface area contributed by atoms with Crippen molar-refractivity contribution in [3.63, 3.8) is 0 Å². The zero-order valence-electron chi connectivity index (χ0n) is 13.8. The molecule has 0 aromatic heterocycles. The second-order valence-electron chi connectivity index (χ2n) is 5.88. The normalized spacial score (nSPS) is 10.4. The maximum Gasteiger partial charge on any atom is 0.120 e. The lowest BCUT2D eigenvalue weighted by Gasteiger charge is -2.10. The minimum Gasteiger partial charge on any atom is -0.489 e. The Morgan fingerprint density at radius 2 is 1.62 bits per heavy atom. The molecule has 2 heteroatoms. The summed E-state index contributed by atoms with van der Waals surface area (Å²) in [5.74, 6) is 0.797. The topological polar surface area (TPSA) is 33.1 Å². The molecule has 120 valence electrons. The average molecular weight is 315 g/mol. The van der Waals surface area contributed by atoms with Gasteiger partial charge < -0.3 is 10.1 Å². The number of nitrogens with one attached hydrogen (secondary N) is 1. The minimum atomic E-state index is 0.537. The molecular formula is C22H21NO. The summed E-state index contributed by atoms with van der Waals surface area (Å²) in [4.78, 5) is 0. The second-order valence-corrected chi connectivity index (χ2v) is 5.88. The fourth-order valence-corrected chi connectivity index (χ4v) is 2.62. The van der Waals surface area contributed by atoms with Crippen LogP contribution in [0.25, 0.3) is 0 Å². The number of ether oxygens (including phenoxy) is 1. The smallest absolute Gasteiger partial charge is 0.120 e. The number of hydrogen-bond donors (Lipinski definition) is 1. The summed E-state index contributed by atoms with van der Waals surface area (Å²) in [5, 5.41) is 8.40. The summed E-state index contributed by atoms with van der Waals surface area (Å²) < 4.78 is 5.86. The lowest BCUT2D eigenvalue weighted by Crippen LogP contribution is -2.05. The van der Waals surface area contributed by atoms with Crippen molar-refractivity contribution in [1.82, 2.24) is 0 Å². The summed E-state index contributed by atoms with van der Waals surface area (Å²) in [6.45, 7) is 2.62. The van der Waals surface area contributed by atoms with Gasteiger partial charge in [0.05, 0.1) is 0 Å². The van der Waals surface area contributed by atoms with Crippen molar-refractivity contribution in [3.05, 3.63) is 101 Å². The van der Waals surface area contributed by atoms with Gasteiger partial charge in [-0.3, -0.25) is 0 Å². The van der Waals surface area contributed by atoms with Gasteiger partial charge in [-0.25, -0.2) is 0 Å². The van der Waals surface area contributed by atoms with Gasteiger partial charge in [0, 0.05) is 12.1 Å². The fraction of sp³-hybridized carbons (Fsp3) is 0.136. The molecule has 3 rings (SSSR count). The number of rotatable bonds is 6. The van der Waals surface area contributed by atoms with E-state index >= 15 is 0 Å². The van der Waals surface area contributed by atoms with Gasteiger partial charge in [-0.15, -0.1) is 0 Å². The van der Waals surface area contributed by atoms with Crippen LogP contribution < -0.4 is 4.74 Å². The van der Waals surface area contributed by atoms with Crippen LogP contribution in [0.2, 0.25) is 0 Å². The van der Waals surface area contributed by atoms with Crippen LogP contribution in [0, 0.1) is 12.3 Å². The first kappa shape index (κ1) is 16.0. The van der Waals surface area contributed by atoms with Gasteiger partial charge in [0.25, 0.3) is 0 Å². The Bertz CT molecular complexity index is 824. The molecule has 0 aliphatic heterocycles. The Hall–Kier alpha value is -2.87. The summed E-state index contributed by atoms with van der Waals surface area (Å²) in [5.41, 5.74) is 5.06. The van der Waals surface area contributed by atoms with E-state index < -0.39 is 0 Å². The molecule has 1 N–H and O–H groups in total. The number of benzene rings is 3. The summed E-state index contributed by atoms with van der Waals surface area (Å²) >= 11 is 0. The largest absolute Gasteiger partial charge is 0.489 e. The van der Waals surface area contributed by atoms with Crippen molar-refractivity contribution in [2.24, 2.45) is 0 Å². The zero-order chi connectivity index (χ0) is 16.8. The van der Waals surface area contributed by atoms with Gasteiger partial charge in [0.1, 0.15) is 12.4 Å². The van der Waals surface area contributed by atoms with E-state index in [4.69, 9.17) is 10.1 Å². The number of hydrogen-bond acceptors (Lipinski definition) is 2. The van der Waals surface area contributed by atoms with Crippen LogP contribution in [0.1, 0.15) is 22.3 Å². The van der Waals surface area contributed by atoms with Gasteiger partial charge >= 0.3 is 0 Å². The van der Waals surface area contributed by atoms with Crippen molar-refractivity contribution in [1.29, 1.82) is 5.41 Å². The highest BCUT2D eigenvalue weighted by Crippen LogP contribution is 2.18. The molecule has 0 aliphatic rings. The van der Waals surface area contributed by atoms with E-state index in [0.29, 0.717) is 18.7 Å². The van der Waals surface area contributed by atoms with E-state index in [1.807, 2.05) is 66.7 Å². The maximum absolute atomic E-state index is 8.40. The van der Waals surface area contributed by atoms with E-state index in [-0.39, 0.29) is 0 Å². The third kappa shape index (κ3) is 4.11. The Labute approximate surface area is 143 Å². The first-order chi connectivity index (χ1) is 11.7. The quantitative estimate of drug-likeness (QED) is 0.624. The Morgan fingerprint density at radius 3 is 2.42 bits per heavy atom. The standard InChI is InChI=1S/C22H21NO/c1-17-8-5-6-11-19(17)15-22(23)20-12-7-13-21(14-20)24-16-18-9-3-2-4-10-18/h2-14,23H,15-16H2,1H3. The molecule has 0 saturated carbocycles. The first-order valence-electron chi connectivity index (χ1n) is 8.11. The highest BCUT2D eigenvalue weighted by atomic mass is 16.5. The number of aryl methyl sites for hydroxylation is 1. The highest BCUT2D eigenvalue weighted by Gasteiger charge is 2.06. The van der Waals surface area contributed by atoms with Gasteiger partial charge in [-0.1, -0.05) is 66.7 Å². The van der Waals surface area contributed by atoms with Gasteiger partial charge in [-0.05, 0) is 41.3 Å². The maximum atomic E-state index is 8.40. The Morgan fingerprint density at radius 1 is 0.875 bits per heavy atom. The molecule has 0 bridgehead atoms. The SMILES string of the molecule is Cc1ccccc1CC(=N)c1cccc(OCc2ccccc2)c1. The van der Waals surface area contributed by atoms with E-state index in [0.717, 1.165) is 16.9 Å². The Kier molecular flexibility index (Phi) is 5.07. The van der Waals surface area contributed by atoms with Crippen LogP contribution >= 0.6 is 0 Å². The lowest BCUT2D eigenvalue weighted by atomic mass is 9.99. The predicted octanol–water partition coefficient (Wildman–Crippen LogP) is 5.18. The van der Waals surface area contributed by atoms with Crippen LogP contribution in [-0.2, 0) is 13.0 Å². The van der Waals surface area contributed by atoms with Crippen LogP contribution in [-0.4, -0.2) is 5.71 Å². The van der Waals surface area contributed by atoms with Crippen LogP contribution in [0.5, 0.6) is 5.75 Å². The molecule has 0 radical (unpaired) electrons. The van der Waals surface area contributed by atoms with Crippen molar-refractivity contribution in [2.45, 2.75) is 20.0 Å². The van der Waals surface area contributed by atoms with Crippen molar-refractivity contribution in [3.8, 4) is 5.75 Å². The molecule has 0 spiro atoms. The highest BCUT2D eigenvalue weighted by molar-refractivity contribution is 6.00. The zero-order valence-corrected chi connectivity index (χ0v) is 13.8. The molecule has 24 heavy (non-hydrogen) atoms. The fourth-order valence-electron chi connectivity index (χ4n) is 2.62. The van der Waals surface area contributed by atoms with Gasteiger partial charge in [0.15, 0.2) is 0 Å². The van der Waals surface area contributed by atoms with E-state index in [1.54, 1.807) is 0 Å². The minimum absolute atomic E-state index is 0.537. The molecular weight excluding hydrogens is 294 g/mol. The van der Waals surface area contributed by atoms with E-state index in [1.165, 1.54) is 11.1 Å².